The van der Waals surface area contributed by atoms with E-state index in [9.17, 15) is 10.1 Å². The first kappa shape index (κ1) is 14.4. The second kappa shape index (κ2) is 6.43. The molecule has 4 nitrogen and oxygen atoms in total. The first-order valence-corrected chi connectivity index (χ1v) is 7.03. The van der Waals surface area contributed by atoms with Crippen LogP contribution in [0.2, 0.25) is 0 Å². The molecule has 2 aromatic rings. The smallest absolute Gasteiger partial charge is 0.269 e. The van der Waals surface area contributed by atoms with Crippen LogP contribution >= 0.6 is 11.8 Å². The third-order valence-corrected chi connectivity index (χ3v) is 4.06. The third-order valence-electron chi connectivity index (χ3n) is 2.90. The van der Waals surface area contributed by atoms with E-state index in [1.807, 2.05) is 37.3 Å². The lowest BCUT2D eigenvalue weighted by molar-refractivity contribution is -0.384. The lowest BCUT2D eigenvalue weighted by Gasteiger charge is -2.12. The summed E-state index contributed by atoms with van der Waals surface area (Å²) in [6, 6.07) is 14.5. The van der Waals surface area contributed by atoms with E-state index >= 15 is 0 Å². The molecule has 104 valence electrons. The molecule has 0 saturated carbocycles. The van der Waals surface area contributed by atoms with Crippen LogP contribution in [0.15, 0.2) is 53.4 Å². The number of thioether (sulfide) groups is 1. The van der Waals surface area contributed by atoms with Gasteiger partial charge in [0.25, 0.3) is 5.69 Å². The van der Waals surface area contributed by atoms with Crippen LogP contribution in [0.25, 0.3) is 0 Å². The molecule has 1 unspecified atom stereocenters. The van der Waals surface area contributed by atoms with Crippen molar-refractivity contribution in [3.63, 3.8) is 0 Å². The summed E-state index contributed by atoms with van der Waals surface area (Å²) < 4.78 is 5.19. The number of non-ortho nitro benzene ring substituents is 1. The summed E-state index contributed by atoms with van der Waals surface area (Å²) in [4.78, 5) is 11.5. The van der Waals surface area contributed by atoms with Crippen molar-refractivity contribution in [3.05, 3.63) is 64.2 Å². The molecule has 0 heterocycles. The van der Waals surface area contributed by atoms with Crippen LogP contribution in [0.4, 0.5) is 5.69 Å². The standard InChI is InChI=1S/C15H15NO3S/c1-11(12-5-3-6-13(9-12)16(17)18)20-15-8-4-7-14(10-15)19-2/h3-11H,1-2H3. The SMILES string of the molecule is COc1cccc(SC(C)c2cccc([N+](=O)[O-])c2)c1. The van der Waals surface area contributed by atoms with Gasteiger partial charge in [0.2, 0.25) is 0 Å². The van der Waals surface area contributed by atoms with Gasteiger partial charge in [0.05, 0.1) is 12.0 Å². The number of benzene rings is 2. The molecule has 2 aromatic carbocycles. The Balaban J connectivity index is 2.16. The number of methoxy groups -OCH3 is 1. The minimum absolute atomic E-state index is 0.126. The molecule has 0 amide bonds. The van der Waals surface area contributed by atoms with Crippen LogP contribution in [0.5, 0.6) is 5.75 Å². The molecule has 1 atom stereocenters. The molecule has 2 rings (SSSR count). The normalized spacial score (nSPS) is 11.9. The van der Waals surface area contributed by atoms with E-state index in [4.69, 9.17) is 4.74 Å². The Hall–Kier alpha value is -2.01. The highest BCUT2D eigenvalue weighted by Crippen LogP contribution is 2.36. The van der Waals surface area contributed by atoms with Gasteiger partial charge in [0.1, 0.15) is 5.75 Å². The molecule has 0 saturated heterocycles. The minimum Gasteiger partial charge on any atom is -0.497 e. The number of nitro benzene ring substituents is 1. The van der Waals surface area contributed by atoms with E-state index < -0.39 is 0 Å². The molecule has 0 fully saturated rings. The van der Waals surface area contributed by atoms with Gasteiger partial charge in [-0.05, 0) is 30.7 Å². The van der Waals surface area contributed by atoms with Gasteiger partial charge in [-0.2, -0.15) is 0 Å². The Morgan fingerprint density at radius 3 is 2.65 bits per heavy atom. The highest BCUT2D eigenvalue weighted by Gasteiger charge is 2.12. The van der Waals surface area contributed by atoms with Gasteiger partial charge in [-0.3, -0.25) is 10.1 Å². The van der Waals surface area contributed by atoms with Gasteiger partial charge in [-0.15, -0.1) is 11.8 Å². The van der Waals surface area contributed by atoms with Crippen molar-refractivity contribution in [2.24, 2.45) is 0 Å². The number of rotatable bonds is 5. The fourth-order valence-electron chi connectivity index (χ4n) is 1.84. The Morgan fingerprint density at radius 1 is 1.20 bits per heavy atom. The third kappa shape index (κ3) is 3.51. The van der Waals surface area contributed by atoms with Crippen LogP contribution in [0.1, 0.15) is 17.7 Å². The molecule has 20 heavy (non-hydrogen) atoms. The van der Waals surface area contributed by atoms with Crippen LogP contribution in [-0.2, 0) is 0 Å². The summed E-state index contributed by atoms with van der Waals surface area (Å²) in [5.41, 5.74) is 1.06. The van der Waals surface area contributed by atoms with E-state index in [-0.39, 0.29) is 15.9 Å². The van der Waals surface area contributed by atoms with Gasteiger partial charge >= 0.3 is 0 Å². The number of nitro groups is 1. The Labute approximate surface area is 121 Å². The van der Waals surface area contributed by atoms with Crippen molar-refractivity contribution in [1.82, 2.24) is 0 Å². The van der Waals surface area contributed by atoms with Crippen molar-refractivity contribution in [2.45, 2.75) is 17.1 Å². The van der Waals surface area contributed by atoms with Gasteiger partial charge in [0, 0.05) is 22.3 Å². The first-order chi connectivity index (χ1) is 9.60. The van der Waals surface area contributed by atoms with Crippen LogP contribution in [0.3, 0.4) is 0 Å². The number of ether oxygens (including phenoxy) is 1. The molecular weight excluding hydrogens is 274 g/mol. The minimum atomic E-state index is -0.369. The number of hydrogen-bond donors (Lipinski definition) is 0. The maximum Gasteiger partial charge on any atom is 0.269 e. The van der Waals surface area contributed by atoms with Crippen LogP contribution in [0, 0.1) is 10.1 Å². The molecular formula is C15H15NO3S. The monoisotopic (exact) mass is 289 g/mol. The lowest BCUT2D eigenvalue weighted by Crippen LogP contribution is -1.92. The molecule has 5 heteroatoms. The van der Waals surface area contributed by atoms with Gasteiger partial charge in [-0.1, -0.05) is 18.2 Å². The zero-order valence-electron chi connectivity index (χ0n) is 11.3. The maximum atomic E-state index is 10.8. The second-order valence-electron chi connectivity index (χ2n) is 4.29. The fourth-order valence-corrected chi connectivity index (χ4v) is 2.87. The Bertz CT molecular complexity index is 616. The molecule has 0 spiro atoms. The molecule has 0 bridgehead atoms. The molecule has 0 radical (unpaired) electrons. The highest BCUT2D eigenvalue weighted by molar-refractivity contribution is 7.99. The van der Waals surface area contributed by atoms with Crippen LogP contribution < -0.4 is 4.74 Å². The summed E-state index contributed by atoms with van der Waals surface area (Å²) in [5, 5.41) is 10.9. The van der Waals surface area contributed by atoms with Gasteiger partial charge < -0.3 is 4.74 Å². The first-order valence-electron chi connectivity index (χ1n) is 6.15. The predicted molar refractivity (Wildman–Crippen MR) is 80.4 cm³/mol. The predicted octanol–water partition coefficient (Wildman–Crippen LogP) is 4.46. The zero-order valence-corrected chi connectivity index (χ0v) is 12.1. The van der Waals surface area contributed by atoms with Crippen LogP contribution in [-0.4, -0.2) is 12.0 Å². The van der Waals surface area contributed by atoms with Crippen molar-refractivity contribution < 1.29 is 9.66 Å². The average molecular weight is 289 g/mol. The van der Waals surface area contributed by atoms with E-state index in [0.29, 0.717) is 0 Å². The summed E-state index contributed by atoms with van der Waals surface area (Å²) in [6.45, 7) is 2.03. The lowest BCUT2D eigenvalue weighted by atomic mass is 10.1. The number of hydrogen-bond acceptors (Lipinski definition) is 4. The van der Waals surface area contributed by atoms with E-state index in [1.54, 1.807) is 31.0 Å². The van der Waals surface area contributed by atoms with Crippen molar-refractivity contribution in [1.29, 1.82) is 0 Å². The van der Waals surface area contributed by atoms with Crippen molar-refractivity contribution in [2.75, 3.05) is 7.11 Å². The molecule has 0 aromatic heterocycles. The summed E-state index contributed by atoms with van der Waals surface area (Å²) in [6.07, 6.45) is 0. The van der Waals surface area contributed by atoms with E-state index in [2.05, 4.69) is 0 Å². The van der Waals surface area contributed by atoms with E-state index in [0.717, 1.165) is 16.2 Å². The zero-order chi connectivity index (χ0) is 14.5. The van der Waals surface area contributed by atoms with Crippen molar-refractivity contribution >= 4 is 17.4 Å². The Kier molecular flexibility index (Phi) is 4.63. The maximum absolute atomic E-state index is 10.8. The highest BCUT2D eigenvalue weighted by atomic mass is 32.2. The largest absolute Gasteiger partial charge is 0.497 e. The summed E-state index contributed by atoms with van der Waals surface area (Å²) in [7, 11) is 1.63. The molecule has 0 aliphatic rings. The average Bonchev–Trinajstić information content (AvgIpc) is 2.47. The molecule has 0 aliphatic carbocycles. The summed E-state index contributed by atoms with van der Waals surface area (Å²) >= 11 is 1.64. The number of nitrogens with zero attached hydrogens (tertiary/aromatic N) is 1. The summed E-state index contributed by atoms with van der Waals surface area (Å²) in [5.74, 6) is 0.807. The Morgan fingerprint density at radius 2 is 1.95 bits per heavy atom. The molecule has 0 N–H and O–H groups in total. The topological polar surface area (TPSA) is 52.4 Å². The van der Waals surface area contributed by atoms with E-state index in [1.165, 1.54) is 6.07 Å². The second-order valence-corrected chi connectivity index (χ2v) is 5.71. The van der Waals surface area contributed by atoms with Gasteiger partial charge in [0.15, 0.2) is 0 Å². The van der Waals surface area contributed by atoms with Crippen molar-refractivity contribution in [3.8, 4) is 5.75 Å². The van der Waals surface area contributed by atoms with Gasteiger partial charge in [-0.25, -0.2) is 0 Å². The quantitative estimate of drug-likeness (QED) is 0.463. The fraction of sp³-hybridized carbons (Fsp3) is 0.200. The molecule has 0 aliphatic heterocycles.